The Kier molecular flexibility index (Phi) is 2.79. The van der Waals surface area contributed by atoms with Crippen LogP contribution in [0.3, 0.4) is 0 Å². The van der Waals surface area contributed by atoms with Crippen molar-refractivity contribution in [1.29, 1.82) is 0 Å². The lowest BCUT2D eigenvalue weighted by atomic mass is 10.5. The van der Waals surface area contributed by atoms with Crippen LogP contribution in [-0.4, -0.2) is 16.7 Å². The van der Waals surface area contributed by atoms with Crippen molar-refractivity contribution in [2.24, 2.45) is 0 Å². The first-order chi connectivity index (χ1) is 5.29. The summed E-state index contributed by atoms with van der Waals surface area (Å²) < 4.78 is 0. The quantitative estimate of drug-likeness (QED) is 0.502. The Morgan fingerprint density at radius 1 is 1.82 bits per heavy atom. The van der Waals surface area contributed by atoms with E-state index in [2.05, 4.69) is 9.82 Å². The zero-order valence-electron chi connectivity index (χ0n) is 5.60. The molecule has 0 saturated carbocycles. The molecule has 6 heteroatoms. The fourth-order valence-corrected chi connectivity index (χ4v) is 1.19. The second-order valence-electron chi connectivity index (χ2n) is 1.73. The van der Waals surface area contributed by atoms with Gasteiger partial charge in [-0.25, -0.2) is 4.98 Å². The van der Waals surface area contributed by atoms with Crippen molar-refractivity contribution in [3.05, 3.63) is 26.7 Å². The van der Waals surface area contributed by atoms with Crippen molar-refractivity contribution in [2.75, 3.05) is 6.61 Å². The molecule has 5 nitrogen and oxygen atoms in total. The zero-order valence-corrected chi connectivity index (χ0v) is 6.41. The highest BCUT2D eigenvalue weighted by Gasteiger charge is 1.97. The van der Waals surface area contributed by atoms with E-state index in [-0.39, 0.29) is 6.61 Å². The van der Waals surface area contributed by atoms with Crippen LogP contribution in [0.5, 0.6) is 0 Å². The highest BCUT2D eigenvalue weighted by Crippen LogP contribution is 2.04. The van der Waals surface area contributed by atoms with Gasteiger partial charge in [-0.2, -0.15) is 0 Å². The Morgan fingerprint density at radius 3 is 3.18 bits per heavy atom. The molecule has 1 aromatic rings. The standard InChI is InChI=1S/C5H6N2O3S/c8-7(9)10-3-1-5-6-2-4-11-5/h2,4H,1,3H2. The maximum absolute atomic E-state index is 9.69. The summed E-state index contributed by atoms with van der Waals surface area (Å²) in [5, 5.41) is 11.6. The summed E-state index contributed by atoms with van der Waals surface area (Å²) in [6.07, 6.45) is 2.16. The second kappa shape index (κ2) is 3.87. The fraction of sp³-hybridized carbons (Fsp3) is 0.400. The van der Waals surface area contributed by atoms with E-state index < -0.39 is 5.09 Å². The topological polar surface area (TPSA) is 65.3 Å². The summed E-state index contributed by atoms with van der Waals surface area (Å²) >= 11 is 1.46. The minimum Gasteiger partial charge on any atom is -0.313 e. The van der Waals surface area contributed by atoms with E-state index in [9.17, 15) is 10.1 Å². The van der Waals surface area contributed by atoms with Gasteiger partial charge in [-0.15, -0.1) is 21.5 Å². The van der Waals surface area contributed by atoms with Crippen molar-refractivity contribution in [3.8, 4) is 0 Å². The van der Waals surface area contributed by atoms with Crippen molar-refractivity contribution in [1.82, 2.24) is 4.98 Å². The Morgan fingerprint density at radius 2 is 2.64 bits per heavy atom. The van der Waals surface area contributed by atoms with Gasteiger partial charge in [0.1, 0.15) is 6.61 Å². The molecule has 0 spiro atoms. The van der Waals surface area contributed by atoms with Crippen LogP contribution in [0.25, 0.3) is 0 Å². The molecule has 0 radical (unpaired) electrons. The smallest absolute Gasteiger partial charge is 0.294 e. The van der Waals surface area contributed by atoms with Gasteiger partial charge in [0, 0.05) is 18.0 Å². The molecule has 0 saturated heterocycles. The van der Waals surface area contributed by atoms with E-state index in [1.807, 2.05) is 5.38 Å². The van der Waals surface area contributed by atoms with E-state index >= 15 is 0 Å². The Balaban J connectivity index is 2.19. The van der Waals surface area contributed by atoms with Crippen LogP contribution < -0.4 is 0 Å². The monoisotopic (exact) mass is 174 g/mol. The first kappa shape index (κ1) is 7.93. The largest absolute Gasteiger partial charge is 0.313 e. The Bertz CT molecular complexity index is 224. The van der Waals surface area contributed by atoms with Crippen molar-refractivity contribution >= 4 is 11.3 Å². The highest BCUT2D eigenvalue weighted by atomic mass is 32.1. The summed E-state index contributed by atoms with van der Waals surface area (Å²) in [7, 11) is 0. The molecule has 0 fully saturated rings. The van der Waals surface area contributed by atoms with Crippen molar-refractivity contribution < 1.29 is 9.92 Å². The molecule has 0 atom stereocenters. The van der Waals surface area contributed by atoms with Gasteiger partial charge in [-0.3, -0.25) is 0 Å². The van der Waals surface area contributed by atoms with E-state index in [4.69, 9.17) is 0 Å². The molecule has 0 aliphatic carbocycles. The van der Waals surface area contributed by atoms with Gasteiger partial charge in [-0.05, 0) is 0 Å². The normalized spacial score (nSPS) is 9.45. The zero-order chi connectivity index (χ0) is 8.10. The van der Waals surface area contributed by atoms with Crippen LogP contribution in [0.4, 0.5) is 0 Å². The van der Waals surface area contributed by atoms with Gasteiger partial charge < -0.3 is 4.84 Å². The number of thiazole rings is 1. The number of hydrogen-bond donors (Lipinski definition) is 0. The number of rotatable bonds is 4. The van der Waals surface area contributed by atoms with Crippen LogP contribution in [-0.2, 0) is 11.3 Å². The minimum absolute atomic E-state index is 0.0838. The van der Waals surface area contributed by atoms with Gasteiger partial charge in [0.25, 0.3) is 5.09 Å². The first-order valence-corrected chi connectivity index (χ1v) is 3.82. The summed E-state index contributed by atoms with van der Waals surface area (Å²) in [5.74, 6) is 0. The van der Waals surface area contributed by atoms with Gasteiger partial charge in [0.05, 0.1) is 5.01 Å². The van der Waals surface area contributed by atoms with Crippen LogP contribution in [0, 0.1) is 10.1 Å². The predicted octanol–water partition coefficient (Wildman–Crippen LogP) is 0.894. The maximum atomic E-state index is 9.69. The SMILES string of the molecule is O=[N+]([O-])OCCc1nccs1. The number of aromatic nitrogens is 1. The van der Waals surface area contributed by atoms with E-state index in [1.54, 1.807) is 6.20 Å². The maximum Gasteiger partial charge on any atom is 0.294 e. The van der Waals surface area contributed by atoms with Crippen LogP contribution in [0.2, 0.25) is 0 Å². The lowest BCUT2D eigenvalue weighted by Crippen LogP contribution is -2.04. The molecule has 0 amide bonds. The molecule has 1 aromatic heterocycles. The third kappa shape index (κ3) is 2.94. The molecule has 0 aromatic carbocycles. The second-order valence-corrected chi connectivity index (χ2v) is 2.71. The summed E-state index contributed by atoms with van der Waals surface area (Å²) in [6.45, 7) is 0.0838. The van der Waals surface area contributed by atoms with Crippen molar-refractivity contribution in [2.45, 2.75) is 6.42 Å². The Hall–Kier alpha value is -1.17. The van der Waals surface area contributed by atoms with Crippen LogP contribution in [0.15, 0.2) is 11.6 Å². The number of nitrogens with zero attached hydrogens (tertiary/aromatic N) is 2. The lowest BCUT2D eigenvalue weighted by molar-refractivity contribution is -0.757. The van der Waals surface area contributed by atoms with E-state index in [1.165, 1.54) is 11.3 Å². The summed E-state index contributed by atoms with van der Waals surface area (Å²) in [4.78, 5) is 17.7. The molecule has 1 rings (SSSR count). The minimum atomic E-state index is -0.798. The molecular weight excluding hydrogens is 168 g/mol. The third-order valence-electron chi connectivity index (χ3n) is 0.996. The molecule has 0 aliphatic rings. The molecule has 0 unspecified atom stereocenters. The molecule has 1 heterocycles. The van der Waals surface area contributed by atoms with Gasteiger partial charge in [0.2, 0.25) is 0 Å². The van der Waals surface area contributed by atoms with Gasteiger partial charge in [0.15, 0.2) is 0 Å². The van der Waals surface area contributed by atoms with E-state index in [0.29, 0.717) is 6.42 Å². The van der Waals surface area contributed by atoms with Gasteiger partial charge in [-0.1, -0.05) is 0 Å². The average Bonchev–Trinajstić information content (AvgIpc) is 2.39. The average molecular weight is 174 g/mol. The predicted molar refractivity (Wildman–Crippen MR) is 38.8 cm³/mol. The molecule has 60 valence electrons. The molecular formula is C5H6N2O3S. The highest BCUT2D eigenvalue weighted by molar-refractivity contribution is 7.09. The molecule has 0 N–H and O–H groups in total. The lowest BCUT2D eigenvalue weighted by Gasteiger charge is -1.93. The summed E-state index contributed by atoms with van der Waals surface area (Å²) in [6, 6.07) is 0. The van der Waals surface area contributed by atoms with Gasteiger partial charge >= 0.3 is 0 Å². The van der Waals surface area contributed by atoms with Crippen LogP contribution >= 0.6 is 11.3 Å². The molecule has 11 heavy (non-hydrogen) atoms. The Labute approximate surface area is 66.7 Å². The van der Waals surface area contributed by atoms with Crippen molar-refractivity contribution in [3.63, 3.8) is 0 Å². The third-order valence-corrected chi connectivity index (χ3v) is 1.84. The number of hydrogen-bond acceptors (Lipinski definition) is 5. The van der Waals surface area contributed by atoms with E-state index in [0.717, 1.165) is 5.01 Å². The molecule has 0 aliphatic heterocycles. The molecule has 0 bridgehead atoms. The summed E-state index contributed by atoms with van der Waals surface area (Å²) in [5.41, 5.74) is 0. The first-order valence-electron chi connectivity index (χ1n) is 2.94. The van der Waals surface area contributed by atoms with Crippen LogP contribution in [0.1, 0.15) is 5.01 Å². The fourth-order valence-electron chi connectivity index (χ4n) is 0.584.